The van der Waals surface area contributed by atoms with Crippen LogP contribution in [-0.2, 0) is 4.79 Å². The van der Waals surface area contributed by atoms with Gasteiger partial charge >= 0.3 is 5.97 Å². The number of carbonyl (C=O) groups is 1. The Labute approximate surface area is 72.3 Å². The summed E-state index contributed by atoms with van der Waals surface area (Å²) in [5.41, 5.74) is 5.40. The number of rotatable bonds is 2. The molecule has 0 heterocycles. The van der Waals surface area contributed by atoms with Crippen molar-refractivity contribution in [2.75, 3.05) is 0 Å². The third-order valence-electron chi connectivity index (χ3n) is 2.19. The van der Waals surface area contributed by atoms with E-state index in [0.29, 0.717) is 0 Å². The molecule has 2 atom stereocenters. The minimum Gasteiger partial charge on any atom is -0.480 e. The lowest BCUT2D eigenvalue weighted by atomic mass is 9.78. The van der Waals surface area contributed by atoms with Crippen molar-refractivity contribution in [3.05, 3.63) is 0 Å². The Bertz CT molecular complexity index is 154. The van der Waals surface area contributed by atoms with Gasteiger partial charge in [-0.15, -0.1) is 0 Å². The van der Waals surface area contributed by atoms with Gasteiger partial charge in [-0.1, -0.05) is 27.7 Å². The topological polar surface area (TPSA) is 63.3 Å². The molecule has 3 nitrogen and oxygen atoms in total. The number of carboxylic acids is 1. The highest BCUT2D eigenvalue weighted by Gasteiger charge is 2.29. The van der Waals surface area contributed by atoms with Crippen molar-refractivity contribution in [2.45, 2.75) is 33.7 Å². The van der Waals surface area contributed by atoms with Gasteiger partial charge in [0, 0.05) is 0 Å². The van der Waals surface area contributed by atoms with E-state index in [2.05, 4.69) is 0 Å². The highest BCUT2D eigenvalue weighted by Crippen LogP contribution is 2.27. The van der Waals surface area contributed by atoms with Crippen molar-refractivity contribution in [1.29, 1.82) is 0 Å². The summed E-state index contributed by atoms with van der Waals surface area (Å²) in [6.45, 7) is 7.82. The molecule has 0 aromatic heterocycles. The maximum absolute atomic E-state index is 10.5. The molecule has 74 valence electrons. The number of nitrogens with two attached hydrogens (primary N) is 1. The molecule has 0 bridgehead atoms. The molecular formula is C8H18FNO2. The van der Waals surface area contributed by atoms with Crippen LogP contribution in [0.2, 0.25) is 0 Å². The normalized spacial score (nSPS) is 16.1. The van der Waals surface area contributed by atoms with Crippen molar-refractivity contribution in [2.24, 2.45) is 17.1 Å². The zero-order chi connectivity index (χ0) is 9.23. The van der Waals surface area contributed by atoms with E-state index in [1.54, 1.807) is 0 Å². The molecule has 0 saturated carbocycles. The van der Waals surface area contributed by atoms with Crippen LogP contribution in [0.4, 0.5) is 4.70 Å². The Balaban J connectivity index is 0. The van der Waals surface area contributed by atoms with Gasteiger partial charge in [-0.25, -0.2) is 0 Å². The summed E-state index contributed by atoms with van der Waals surface area (Å²) in [5, 5.41) is 8.59. The minimum atomic E-state index is -0.924. The van der Waals surface area contributed by atoms with Gasteiger partial charge in [0.25, 0.3) is 0 Å². The van der Waals surface area contributed by atoms with Gasteiger partial charge in [-0.2, -0.15) is 0 Å². The molecule has 0 rings (SSSR count). The van der Waals surface area contributed by atoms with E-state index in [1.165, 1.54) is 0 Å². The summed E-state index contributed by atoms with van der Waals surface area (Å²) in [6.07, 6.45) is 0. The average molecular weight is 179 g/mol. The number of aliphatic carboxylic acids is 1. The van der Waals surface area contributed by atoms with Crippen LogP contribution in [0, 0.1) is 11.3 Å². The summed E-state index contributed by atoms with van der Waals surface area (Å²) in [7, 11) is 0. The summed E-state index contributed by atoms with van der Waals surface area (Å²) < 4.78 is 0. The second-order valence-electron chi connectivity index (χ2n) is 4.02. The highest BCUT2D eigenvalue weighted by atomic mass is 19.0. The van der Waals surface area contributed by atoms with Crippen LogP contribution < -0.4 is 5.73 Å². The fourth-order valence-corrected chi connectivity index (χ4v) is 0.753. The first kappa shape index (κ1) is 13.9. The van der Waals surface area contributed by atoms with Crippen molar-refractivity contribution in [1.82, 2.24) is 0 Å². The SMILES string of the molecule is CC(C(N)C(=O)O)C(C)(C)C.F. The molecule has 0 amide bonds. The number of hydrogen-bond acceptors (Lipinski definition) is 2. The second kappa shape index (κ2) is 4.40. The quantitative estimate of drug-likeness (QED) is 0.670. The molecule has 0 fully saturated rings. The zero-order valence-corrected chi connectivity index (χ0v) is 8.00. The molecule has 0 aliphatic carbocycles. The third kappa shape index (κ3) is 3.67. The molecule has 0 aliphatic rings. The molecule has 12 heavy (non-hydrogen) atoms. The molecular weight excluding hydrogens is 161 g/mol. The van der Waals surface area contributed by atoms with Crippen LogP contribution in [-0.4, -0.2) is 17.1 Å². The standard InChI is InChI=1S/C8H17NO2.FH/c1-5(8(2,3)4)6(9)7(10)11;/h5-6H,9H2,1-4H3,(H,10,11);1H. The van der Waals surface area contributed by atoms with Crippen molar-refractivity contribution in [3.63, 3.8) is 0 Å². The average Bonchev–Trinajstić information content (AvgIpc) is 1.82. The number of carboxylic acid groups (broad SMARTS) is 1. The van der Waals surface area contributed by atoms with Crippen LogP contribution in [0.25, 0.3) is 0 Å². The summed E-state index contributed by atoms with van der Waals surface area (Å²) in [5.74, 6) is -0.938. The maximum Gasteiger partial charge on any atom is 0.320 e. The molecule has 0 aromatic carbocycles. The van der Waals surface area contributed by atoms with E-state index < -0.39 is 12.0 Å². The fourth-order valence-electron chi connectivity index (χ4n) is 0.753. The third-order valence-corrected chi connectivity index (χ3v) is 2.19. The first-order chi connectivity index (χ1) is 4.76. The summed E-state index contributed by atoms with van der Waals surface area (Å²) >= 11 is 0. The van der Waals surface area contributed by atoms with Crippen molar-refractivity contribution >= 4 is 5.97 Å². The lowest BCUT2D eigenvalue weighted by Crippen LogP contribution is -2.42. The van der Waals surface area contributed by atoms with E-state index >= 15 is 0 Å². The number of hydrogen-bond donors (Lipinski definition) is 2. The Kier molecular flexibility index (Phi) is 5.10. The van der Waals surface area contributed by atoms with Gasteiger partial charge in [0.2, 0.25) is 0 Å². The molecule has 2 unspecified atom stereocenters. The van der Waals surface area contributed by atoms with Gasteiger partial charge in [0.15, 0.2) is 0 Å². The van der Waals surface area contributed by atoms with Gasteiger partial charge < -0.3 is 10.8 Å². The minimum absolute atomic E-state index is 0. The van der Waals surface area contributed by atoms with Gasteiger partial charge in [-0.3, -0.25) is 9.50 Å². The second-order valence-corrected chi connectivity index (χ2v) is 4.02. The van der Waals surface area contributed by atoms with Crippen molar-refractivity contribution < 1.29 is 14.6 Å². The number of halogens is 1. The molecule has 0 radical (unpaired) electrons. The molecule has 4 heteroatoms. The monoisotopic (exact) mass is 179 g/mol. The van der Waals surface area contributed by atoms with E-state index in [9.17, 15) is 4.79 Å². The molecule has 0 saturated heterocycles. The Hall–Kier alpha value is -0.640. The summed E-state index contributed by atoms with van der Waals surface area (Å²) in [6, 6.07) is -0.755. The fraction of sp³-hybridized carbons (Fsp3) is 0.875. The van der Waals surface area contributed by atoms with Crippen LogP contribution >= 0.6 is 0 Å². The van der Waals surface area contributed by atoms with Crippen molar-refractivity contribution in [3.8, 4) is 0 Å². The molecule has 0 spiro atoms. The Morgan fingerprint density at radius 3 is 1.83 bits per heavy atom. The molecule has 0 aromatic rings. The Morgan fingerprint density at radius 2 is 1.75 bits per heavy atom. The van der Waals surface area contributed by atoms with E-state index in [-0.39, 0.29) is 16.0 Å². The maximum atomic E-state index is 10.5. The first-order valence-electron chi connectivity index (χ1n) is 3.75. The lowest BCUT2D eigenvalue weighted by molar-refractivity contribution is -0.140. The van der Waals surface area contributed by atoms with Gasteiger partial charge in [-0.05, 0) is 11.3 Å². The van der Waals surface area contributed by atoms with E-state index in [4.69, 9.17) is 10.8 Å². The lowest BCUT2D eigenvalue weighted by Gasteiger charge is -2.29. The predicted octanol–water partition coefficient (Wildman–Crippen LogP) is 1.23. The van der Waals surface area contributed by atoms with Crippen LogP contribution in [0.15, 0.2) is 0 Å². The molecule has 0 aliphatic heterocycles. The van der Waals surface area contributed by atoms with Gasteiger partial charge in [0.1, 0.15) is 6.04 Å². The van der Waals surface area contributed by atoms with Crippen LogP contribution in [0.1, 0.15) is 27.7 Å². The highest BCUT2D eigenvalue weighted by molar-refractivity contribution is 5.73. The first-order valence-corrected chi connectivity index (χ1v) is 3.75. The molecule has 3 N–H and O–H groups in total. The van der Waals surface area contributed by atoms with Crippen LogP contribution in [0.5, 0.6) is 0 Å². The van der Waals surface area contributed by atoms with E-state index in [1.807, 2.05) is 27.7 Å². The predicted molar refractivity (Wildman–Crippen MR) is 46.7 cm³/mol. The largest absolute Gasteiger partial charge is 0.480 e. The van der Waals surface area contributed by atoms with Crippen LogP contribution in [0.3, 0.4) is 0 Å². The smallest absolute Gasteiger partial charge is 0.320 e. The summed E-state index contributed by atoms with van der Waals surface area (Å²) in [4.78, 5) is 10.5. The Morgan fingerprint density at radius 1 is 1.42 bits per heavy atom. The zero-order valence-electron chi connectivity index (χ0n) is 8.00. The van der Waals surface area contributed by atoms with E-state index in [0.717, 1.165) is 0 Å². The van der Waals surface area contributed by atoms with Gasteiger partial charge in [0.05, 0.1) is 0 Å².